The Morgan fingerprint density at radius 3 is 1.57 bits per heavy atom. The first-order valence-corrected chi connectivity index (χ1v) is 6.85. The van der Waals surface area contributed by atoms with Gasteiger partial charge < -0.3 is 5.73 Å². The zero-order valence-electron chi connectivity index (χ0n) is 10.8. The van der Waals surface area contributed by atoms with Gasteiger partial charge in [0.05, 0.1) is 9.85 Å². The van der Waals surface area contributed by atoms with Crippen LogP contribution in [0.15, 0.2) is 48.5 Å². The molecule has 0 aliphatic carbocycles. The monoisotopic (exact) mass is 353 g/mol. The lowest BCUT2D eigenvalue weighted by Crippen LogP contribution is -1.88. The van der Waals surface area contributed by atoms with E-state index in [9.17, 15) is 20.2 Å². The predicted octanol–water partition coefficient (Wildman–Crippen LogP) is 3.67. The average molecular weight is 354 g/mol. The van der Waals surface area contributed by atoms with Crippen LogP contribution in [0.4, 0.5) is 17.1 Å². The number of nitrogens with zero attached hydrogens (tertiary/aromatic N) is 2. The number of hydrogen-bond donors (Lipinski definition) is 1. The van der Waals surface area contributed by atoms with Crippen molar-refractivity contribution in [1.82, 2.24) is 0 Å². The number of nitro benzene ring substituents is 2. The van der Waals surface area contributed by atoms with E-state index in [1.165, 1.54) is 36.4 Å². The molecule has 0 saturated carbocycles. The number of non-ortho nitro benzene ring substituents is 2. The Kier molecular flexibility index (Phi) is 6.28. The zero-order chi connectivity index (χ0) is 15.8. The smallest absolute Gasteiger partial charge is 0.269 e. The molecule has 0 bridgehead atoms. The first-order chi connectivity index (χ1) is 9.93. The molecule has 0 aliphatic rings. The maximum absolute atomic E-state index is 10.2. The number of halogens is 1. The Balaban J connectivity index is 0.000000211. The van der Waals surface area contributed by atoms with Gasteiger partial charge in [0.15, 0.2) is 0 Å². The minimum atomic E-state index is -0.459. The molecule has 7 nitrogen and oxygen atoms in total. The molecule has 0 heterocycles. The van der Waals surface area contributed by atoms with E-state index in [2.05, 4.69) is 15.9 Å². The number of nitrogen functional groups attached to an aromatic ring is 1. The van der Waals surface area contributed by atoms with E-state index < -0.39 is 9.85 Å². The van der Waals surface area contributed by atoms with Crippen molar-refractivity contribution in [3.05, 3.63) is 74.3 Å². The van der Waals surface area contributed by atoms with Gasteiger partial charge in [-0.05, 0) is 17.7 Å². The molecule has 2 rings (SSSR count). The second-order valence-electron chi connectivity index (χ2n) is 3.91. The summed E-state index contributed by atoms with van der Waals surface area (Å²) in [5.41, 5.74) is 7.07. The standard InChI is InChI=1S/C7H6BrNO2.C6H6N2O2/c8-5-6-1-3-7(4-2-6)9(10)11;7-5-1-3-6(4-2-5)8(9)10/h1-4H,5H2;1-4H,7H2. The van der Waals surface area contributed by atoms with Crippen molar-refractivity contribution < 1.29 is 9.85 Å². The molecule has 2 N–H and O–H groups in total. The molecule has 0 spiro atoms. The van der Waals surface area contributed by atoms with Crippen LogP contribution in [0.3, 0.4) is 0 Å². The van der Waals surface area contributed by atoms with Gasteiger partial charge in [0.25, 0.3) is 11.4 Å². The fraction of sp³-hybridized carbons (Fsp3) is 0.0769. The first kappa shape index (κ1) is 16.6. The fourth-order valence-corrected chi connectivity index (χ4v) is 1.68. The summed E-state index contributed by atoms with van der Waals surface area (Å²) < 4.78 is 0. The van der Waals surface area contributed by atoms with Gasteiger partial charge in [0.1, 0.15) is 0 Å². The Labute approximate surface area is 128 Å². The van der Waals surface area contributed by atoms with E-state index in [0.717, 1.165) is 10.9 Å². The molecule has 0 amide bonds. The quantitative estimate of drug-likeness (QED) is 0.391. The van der Waals surface area contributed by atoms with Crippen molar-refractivity contribution in [2.75, 3.05) is 5.73 Å². The lowest BCUT2D eigenvalue weighted by Gasteiger charge is -1.92. The van der Waals surface area contributed by atoms with Gasteiger partial charge in [0, 0.05) is 35.3 Å². The number of nitrogens with two attached hydrogens (primary N) is 1. The van der Waals surface area contributed by atoms with E-state index in [1.807, 2.05) is 0 Å². The highest BCUT2D eigenvalue weighted by molar-refractivity contribution is 9.08. The second kappa shape index (κ2) is 7.95. The molecule has 0 fully saturated rings. The van der Waals surface area contributed by atoms with Crippen LogP contribution < -0.4 is 5.73 Å². The number of alkyl halides is 1. The largest absolute Gasteiger partial charge is 0.399 e. The van der Waals surface area contributed by atoms with Gasteiger partial charge >= 0.3 is 0 Å². The summed E-state index contributed by atoms with van der Waals surface area (Å²) in [5, 5.41) is 21.0. The molecular weight excluding hydrogens is 342 g/mol. The van der Waals surface area contributed by atoms with Gasteiger partial charge in [-0.2, -0.15) is 0 Å². The predicted molar refractivity (Wildman–Crippen MR) is 83.2 cm³/mol. The normalized spacial score (nSPS) is 9.38. The van der Waals surface area contributed by atoms with Crippen LogP contribution >= 0.6 is 15.9 Å². The van der Waals surface area contributed by atoms with E-state index in [0.29, 0.717) is 5.69 Å². The van der Waals surface area contributed by atoms with Gasteiger partial charge in [-0.25, -0.2) is 0 Å². The maximum Gasteiger partial charge on any atom is 0.269 e. The van der Waals surface area contributed by atoms with Crippen LogP contribution in [0.25, 0.3) is 0 Å². The van der Waals surface area contributed by atoms with Gasteiger partial charge in [-0.1, -0.05) is 28.1 Å². The number of hydrogen-bond acceptors (Lipinski definition) is 5. The maximum atomic E-state index is 10.2. The average Bonchev–Trinajstić information content (AvgIpc) is 2.48. The van der Waals surface area contributed by atoms with E-state index in [-0.39, 0.29) is 11.4 Å². The van der Waals surface area contributed by atoms with Crippen molar-refractivity contribution in [2.45, 2.75) is 5.33 Å². The van der Waals surface area contributed by atoms with Crippen molar-refractivity contribution >= 4 is 33.0 Å². The SMILES string of the molecule is Nc1ccc([N+](=O)[O-])cc1.O=[N+]([O-])c1ccc(CBr)cc1. The Morgan fingerprint density at radius 2 is 1.24 bits per heavy atom. The van der Waals surface area contributed by atoms with Crippen molar-refractivity contribution in [2.24, 2.45) is 0 Å². The summed E-state index contributed by atoms with van der Waals surface area (Å²) in [6, 6.07) is 12.2. The van der Waals surface area contributed by atoms with Gasteiger partial charge in [-0.3, -0.25) is 20.2 Å². The summed E-state index contributed by atoms with van der Waals surface area (Å²) >= 11 is 3.25. The molecule has 8 heteroatoms. The molecule has 2 aromatic rings. The third-order valence-electron chi connectivity index (χ3n) is 2.41. The van der Waals surface area contributed by atoms with Crippen molar-refractivity contribution in [3.63, 3.8) is 0 Å². The summed E-state index contributed by atoms with van der Waals surface area (Å²) in [6.45, 7) is 0. The Morgan fingerprint density at radius 1 is 0.857 bits per heavy atom. The summed E-state index contributed by atoms with van der Waals surface area (Å²) in [4.78, 5) is 19.4. The van der Waals surface area contributed by atoms with E-state index in [1.54, 1.807) is 12.1 Å². The molecule has 0 unspecified atom stereocenters. The molecule has 0 radical (unpaired) electrons. The highest BCUT2D eigenvalue weighted by Crippen LogP contribution is 2.13. The van der Waals surface area contributed by atoms with Crippen LogP contribution in [0, 0.1) is 20.2 Å². The van der Waals surface area contributed by atoms with Crippen LogP contribution in [0.1, 0.15) is 5.56 Å². The van der Waals surface area contributed by atoms with Crippen LogP contribution in [-0.2, 0) is 5.33 Å². The third kappa shape index (κ3) is 5.57. The lowest BCUT2D eigenvalue weighted by molar-refractivity contribution is -0.385. The Bertz CT molecular complexity index is 614. The molecule has 0 saturated heterocycles. The van der Waals surface area contributed by atoms with Crippen molar-refractivity contribution in [3.8, 4) is 0 Å². The molecule has 2 aromatic carbocycles. The molecular formula is C13H12BrN3O4. The first-order valence-electron chi connectivity index (χ1n) is 5.73. The molecule has 0 atom stereocenters. The highest BCUT2D eigenvalue weighted by Gasteiger charge is 2.02. The minimum Gasteiger partial charge on any atom is -0.399 e. The molecule has 0 aliphatic heterocycles. The molecule has 21 heavy (non-hydrogen) atoms. The number of anilines is 1. The highest BCUT2D eigenvalue weighted by atomic mass is 79.9. The summed E-state index contributed by atoms with van der Waals surface area (Å²) in [7, 11) is 0. The second-order valence-corrected chi connectivity index (χ2v) is 4.47. The van der Waals surface area contributed by atoms with E-state index >= 15 is 0 Å². The Hall–Kier alpha value is -2.48. The van der Waals surface area contributed by atoms with Crippen LogP contribution in [0.5, 0.6) is 0 Å². The number of nitro groups is 2. The molecule has 0 aromatic heterocycles. The van der Waals surface area contributed by atoms with E-state index in [4.69, 9.17) is 5.73 Å². The number of benzene rings is 2. The van der Waals surface area contributed by atoms with Gasteiger partial charge in [0.2, 0.25) is 0 Å². The zero-order valence-corrected chi connectivity index (χ0v) is 12.4. The summed E-state index contributed by atoms with van der Waals surface area (Å²) in [5.74, 6) is 0. The van der Waals surface area contributed by atoms with Crippen LogP contribution in [0.2, 0.25) is 0 Å². The third-order valence-corrected chi connectivity index (χ3v) is 3.05. The van der Waals surface area contributed by atoms with Crippen LogP contribution in [-0.4, -0.2) is 9.85 Å². The summed E-state index contributed by atoms with van der Waals surface area (Å²) in [6.07, 6.45) is 0. The lowest BCUT2D eigenvalue weighted by atomic mass is 10.2. The van der Waals surface area contributed by atoms with Gasteiger partial charge in [-0.15, -0.1) is 0 Å². The molecule has 110 valence electrons. The van der Waals surface area contributed by atoms with Crippen molar-refractivity contribution in [1.29, 1.82) is 0 Å². The number of rotatable bonds is 3. The topological polar surface area (TPSA) is 112 Å². The fourth-order valence-electron chi connectivity index (χ4n) is 1.30. The minimum absolute atomic E-state index is 0.0641.